The first-order chi connectivity index (χ1) is 12.8. The highest BCUT2D eigenvalue weighted by atomic mass is 16.2. The van der Waals surface area contributed by atoms with Crippen LogP contribution in [0.5, 0.6) is 0 Å². The molecule has 2 N–H and O–H groups in total. The van der Waals surface area contributed by atoms with Crippen LogP contribution in [0, 0.1) is 5.92 Å². The van der Waals surface area contributed by atoms with Crippen molar-refractivity contribution in [2.24, 2.45) is 5.92 Å². The Balaban J connectivity index is 2.66. The molecule has 0 aromatic heterocycles. The van der Waals surface area contributed by atoms with Crippen LogP contribution in [0.4, 0.5) is 11.4 Å². The fourth-order valence-corrected chi connectivity index (χ4v) is 2.87. The van der Waals surface area contributed by atoms with Gasteiger partial charge in [-0.3, -0.25) is 9.59 Å². The molecule has 0 aliphatic heterocycles. The minimum Gasteiger partial charge on any atom is -0.377 e. The molecule has 0 spiro atoms. The minimum atomic E-state index is -0.112. The lowest BCUT2D eigenvalue weighted by molar-refractivity contribution is -0.116. The van der Waals surface area contributed by atoms with E-state index in [4.69, 9.17) is 0 Å². The standard InChI is InChI=1S/C22H37N3O2/c1-6-7-8-9-10-11-12-21(26)24-18-13-14-20(25(4)5)19(15-18)22(27)23-16-17(2)3/h13-15,17H,6-12,16H2,1-5H3,(H,23,27)(H,24,26). The molecule has 1 rings (SSSR count). The van der Waals surface area contributed by atoms with E-state index in [1.165, 1.54) is 25.7 Å². The van der Waals surface area contributed by atoms with E-state index in [1.54, 1.807) is 6.07 Å². The van der Waals surface area contributed by atoms with Gasteiger partial charge in [-0.15, -0.1) is 0 Å². The van der Waals surface area contributed by atoms with Crippen LogP contribution < -0.4 is 15.5 Å². The first kappa shape index (κ1) is 23.0. The molecular formula is C22H37N3O2. The van der Waals surface area contributed by atoms with Crippen LogP contribution in [0.1, 0.15) is 76.1 Å². The van der Waals surface area contributed by atoms with E-state index in [2.05, 4.69) is 31.4 Å². The summed E-state index contributed by atoms with van der Waals surface area (Å²) in [6, 6.07) is 5.50. The molecule has 0 aliphatic carbocycles. The van der Waals surface area contributed by atoms with Crippen molar-refractivity contribution in [2.75, 3.05) is 30.9 Å². The number of amides is 2. The topological polar surface area (TPSA) is 61.4 Å². The van der Waals surface area contributed by atoms with E-state index < -0.39 is 0 Å². The third-order valence-corrected chi connectivity index (χ3v) is 4.44. The van der Waals surface area contributed by atoms with Crippen molar-refractivity contribution in [1.82, 2.24) is 5.32 Å². The third-order valence-electron chi connectivity index (χ3n) is 4.44. The van der Waals surface area contributed by atoms with E-state index in [0.29, 0.717) is 30.1 Å². The first-order valence-electron chi connectivity index (χ1n) is 10.2. The summed E-state index contributed by atoms with van der Waals surface area (Å²) in [4.78, 5) is 26.7. The van der Waals surface area contributed by atoms with Crippen LogP contribution in [0.15, 0.2) is 18.2 Å². The maximum absolute atomic E-state index is 12.6. The second-order valence-electron chi connectivity index (χ2n) is 7.80. The summed E-state index contributed by atoms with van der Waals surface area (Å²) in [5.41, 5.74) is 2.09. The number of carbonyl (C=O) groups is 2. The molecule has 0 bridgehead atoms. The van der Waals surface area contributed by atoms with Crippen molar-refractivity contribution in [2.45, 2.75) is 65.7 Å². The van der Waals surface area contributed by atoms with Gasteiger partial charge in [0.25, 0.3) is 5.91 Å². The highest BCUT2D eigenvalue weighted by molar-refractivity contribution is 6.02. The number of hydrogen-bond acceptors (Lipinski definition) is 3. The van der Waals surface area contributed by atoms with Gasteiger partial charge < -0.3 is 15.5 Å². The van der Waals surface area contributed by atoms with Gasteiger partial charge in [0.05, 0.1) is 5.56 Å². The Hall–Kier alpha value is -2.04. The molecule has 0 radical (unpaired) electrons. The van der Waals surface area contributed by atoms with E-state index in [9.17, 15) is 9.59 Å². The maximum Gasteiger partial charge on any atom is 0.253 e. The van der Waals surface area contributed by atoms with Crippen molar-refractivity contribution < 1.29 is 9.59 Å². The second-order valence-corrected chi connectivity index (χ2v) is 7.80. The molecule has 5 heteroatoms. The largest absolute Gasteiger partial charge is 0.377 e. The van der Waals surface area contributed by atoms with Crippen LogP contribution >= 0.6 is 0 Å². The Labute approximate surface area is 164 Å². The summed E-state index contributed by atoms with van der Waals surface area (Å²) >= 11 is 0. The lowest BCUT2D eigenvalue weighted by Gasteiger charge is -2.19. The van der Waals surface area contributed by atoms with E-state index in [-0.39, 0.29) is 11.8 Å². The van der Waals surface area contributed by atoms with Gasteiger partial charge >= 0.3 is 0 Å². The number of nitrogens with one attached hydrogen (secondary N) is 2. The van der Waals surface area contributed by atoms with Gasteiger partial charge in [-0.05, 0) is 30.5 Å². The van der Waals surface area contributed by atoms with Crippen LogP contribution in [0.25, 0.3) is 0 Å². The Morgan fingerprint density at radius 3 is 2.33 bits per heavy atom. The summed E-state index contributed by atoms with van der Waals surface area (Å²) in [7, 11) is 3.82. The highest BCUT2D eigenvalue weighted by Gasteiger charge is 2.15. The molecule has 1 aromatic carbocycles. The number of unbranched alkanes of at least 4 members (excludes halogenated alkanes) is 5. The zero-order chi connectivity index (χ0) is 20.2. The molecule has 5 nitrogen and oxygen atoms in total. The van der Waals surface area contributed by atoms with Crippen molar-refractivity contribution >= 4 is 23.2 Å². The Morgan fingerprint density at radius 1 is 1.04 bits per heavy atom. The summed E-state index contributed by atoms with van der Waals surface area (Å²) in [5, 5.41) is 5.89. The molecule has 0 saturated heterocycles. The summed E-state index contributed by atoms with van der Waals surface area (Å²) in [6.07, 6.45) is 7.47. The predicted molar refractivity (Wildman–Crippen MR) is 115 cm³/mol. The number of anilines is 2. The van der Waals surface area contributed by atoms with Crippen LogP contribution in [0.3, 0.4) is 0 Å². The Kier molecular flexibility index (Phi) is 10.5. The van der Waals surface area contributed by atoms with Crippen molar-refractivity contribution in [3.63, 3.8) is 0 Å². The van der Waals surface area contributed by atoms with Crippen LogP contribution in [-0.4, -0.2) is 32.5 Å². The fraction of sp³-hybridized carbons (Fsp3) is 0.636. The van der Waals surface area contributed by atoms with Gasteiger partial charge in [-0.1, -0.05) is 52.9 Å². The Morgan fingerprint density at radius 2 is 1.70 bits per heavy atom. The number of rotatable bonds is 12. The van der Waals surface area contributed by atoms with Gasteiger partial charge in [0.15, 0.2) is 0 Å². The maximum atomic E-state index is 12.6. The zero-order valence-electron chi connectivity index (χ0n) is 17.7. The average molecular weight is 376 g/mol. The quantitative estimate of drug-likeness (QED) is 0.515. The zero-order valence-corrected chi connectivity index (χ0v) is 17.7. The van der Waals surface area contributed by atoms with Crippen LogP contribution in [-0.2, 0) is 4.79 Å². The average Bonchev–Trinajstić information content (AvgIpc) is 2.62. The second kappa shape index (κ2) is 12.4. The van der Waals surface area contributed by atoms with Crippen molar-refractivity contribution in [1.29, 1.82) is 0 Å². The number of benzene rings is 1. The summed E-state index contributed by atoms with van der Waals surface area (Å²) in [6.45, 7) is 6.95. The number of hydrogen-bond donors (Lipinski definition) is 2. The fourth-order valence-electron chi connectivity index (χ4n) is 2.87. The molecule has 0 aliphatic rings. The molecule has 2 amide bonds. The lowest BCUT2D eigenvalue weighted by atomic mass is 10.1. The molecule has 27 heavy (non-hydrogen) atoms. The molecule has 0 unspecified atom stereocenters. The smallest absolute Gasteiger partial charge is 0.253 e. The van der Waals surface area contributed by atoms with Crippen molar-refractivity contribution in [3.05, 3.63) is 23.8 Å². The van der Waals surface area contributed by atoms with Gasteiger partial charge in [-0.2, -0.15) is 0 Å². The normalized spacial score (nSPS) is 10.7. The minimum absolute atomic E-state index is 0.0108. The SMILES string of the molecule is CCCCCCCCC(=O)Nc1ccc(N(C)C)c(C(=O)NCC(C)C)c1. The van der Waals surface area contributed by atoms with Gasteiger partial charge in [0.1, 0.15) is 0 Å². The molecule has 152 valence electrons. The van der Waals surface area contributed by atoms with Gasteiger partial charge in [0.2, 0.25) is 5.91 Å². The molecule has 1 aromatic rings. The summed E-state index contributed by atoms with van der Waals surface area (Å²) < 4.78 is 0. The van der Waals surface area contributed by atoms with Gasteiger partial charge in [-0.25, -0.2) is 0 Å². The predicted octanol–water partition coefficient (Wildman–Crippen LogP) is 4.83. The lowest BCUT2D eigenvalue weighted by Crippen LogP contribution is -2.29. The third kappa shape index (κ3) is 8.94. The molecule has 0 fully saturated rings. The molecule has 0 heterocycles. The first-order valence-corrected chi connectivity index (χ1v) is 10.2. The van der Waals surface area contributed by atoms with E-state index in [1.807, 2.05) is 31.1 Å². The van der Waals surface area contributed by atoms with E-state index >= 15 is 0 Å². The van der Waals surface area contributed by atoms with Gasteiger partial charge in [0, 0.05) is 38.4 Å². The molecule has 0 saturated carbocycles. The van der Waals surface area contributed by atoms with Crippen molar-refractivity contribution in [3.8, 4) is 0 Å². The highest BCUT2D eigenvalue weighted by Crippen LogP contribution is 2.23. The monoisotopic (exact) mass is 375 g/mol. The summed E-state index contributed by atoms with van der Waals surface area (Å²) in [5.74, 6) is 0.285. The number of nitrogens with zero attached hydrogens (tertiary/aromatic N) is 1. The molecular weight excluding hydrogens is 338 g/mol. The Bertz CT molecular complexity index is 597. The molecule has 0 atom stereocenters. The number of carbonyl (C=O) groups excluding carboxylic acids is 2. The van der Waals surface area contributed by atoms with Crippen LogP contribution in [0.2, 0.25) is 0 Å². The van der Waals surface area contributed by atoms with E-state index in [0.717, 1.165) is 18.5 Å².